The second kappa shape index (κ2) is 11.9. The zero-order valence-electron chi connectivity index (χ0n) is 23.5. The molecule has 198 valence electrons. The van der Waals surface area contributed by atoms with Gasteiger partial charge in [0, 0.05) is 0 Å². The molecule has 3 rings (SSSR count). The molecule has 0 saturated heterocycles. The first-order valence-corrected chi connectivity index (χ1v) is 13.3. The number of hydrogen-bond acceptors (Lipinski definition) is 4. The first-order chi connectivity index (χ1) is 17.4. The van der Waals surface area contributed by atoms with Crippen molar-refractivity contribution in [1.82, 2.24) is 0 Å². The van der Waals surface area contributed by atoms with Crippen molar-refractivity contribution in [2.75, 3.05) is 6.61 Å². The molecule has 2 unspecified atom stereocenters. The van der Waals surface area contributed by atoms with Crippen molar-refractivity contribution >= 4 is 23.6 Å². The third-order valence-corrected chi connectivity index (χ3v) is 6.84. The van der Waals surface area contributed by atoms with Gasteiger partial charge in [-0.3, -0.25) is 4.79 Å². The van der Waals surface area contributed by atoms with Gasteiger partial charge in [0.2, 0.25) is 0 Å². The topological polar surface area (TPSA) is 52.6 Å². The number of benzene rings is 2. The van der Waals surface area contributed by atoms with Gasteiger partial charge in [-0.25, -0.2) is 4.79 Å². The van der Waals surface area contributed by atoms with E-state index in [9.17, 15) is 9.59 Å². The summed E-state index contributed by atoms with van der Waals surface area (Å²) in [5, 5.41) is 0. The molecule has 4 nitrogen and oxygen atoms in total. The predicted molar refractivity (Wildman–Crippen MR) is 151 cm³/mol. The van der Waals surface area contributed by atoms with Gasteiger partial charge in [0.1, 0.15) is 11.5 Å². The van der Waals surface area contributed by atoms with Crippen LogP contribution in [0.25, 0.3) is 11.6 Å². The highest BCUT2D eigenvalue weighted by molar-refractivity contribution is 5.90. The molecule has 0 saturated carbocycles. The predicted octanol–water partition coefficient (Wildman–Crippen LogP) is 8.23. The van der Waals surface area contributed by atoms with Crippen LogP contribution in [0.3, 0.4) is 0 Å². The summed E-state index contributed by atoms with van der Waals surface area (Å²) in [4.78, 5) is 25.1. The molecule has 1 aliphatic carbocycles. The first-order valence-electron chi connectivity index (χ1n) is 13.3. The van der Waals surface area contributed by atoms with Crippen molar-refractivity contribution in [2.24, 2.45) is 11.3 Å². The van der Waals surface area contributed by atoms with Crippen molar-refractivity contribution < 1.29 is 19.1 Å². The van der Waals surface area contributed by atoms with E-state index in [1.54, 1.807) is 12.1 Å². The highest BCUT2D eigenvalue weighted by atomic mass is 16.6. The first kappa shape index (κ1) is 28.4. The minimum Gasteiger partial charge on any atom is -0.465 e. The van der Waals surface area contributed by atoms with Gasteiger partial charge in [-0.1, -0.05) is 75.4 Å². The van der Waals surface area contributed by atoms with Crippen molar-refractivity contribution in [3.63, 3.8) is 0 Å². The van der Waals surface area contributed by atoms with Gasteiger partial charge in [-0.05, 0) is 92.7 Å². The number of rotatable bonds is 7. The summed E-state index contributed by atoms with van der Waals surface area (Å²) in [5.41, 5.74) is 4.68. The van der Waals surface area contributed by atoms with Crippen LogP contribution >= 0.6 is 0 Å². The number of hydrogen-bond donors (Lipinski definition) is 0. The maximum absolute atomic E-state index is 12.8. The quantitative estimate of drug-likeness (QED) is 0.358. The fourth-order valence-corrected chi connectivity index (χ4v) is 4.62. The second-order valence-electron chi connectivity index (χ2n) is 11.9. The Labute approximate surface area is 222 Å². The number of esters is 2. The van der Waals surface area contributed by atoms with Crippen LogP contribution in [0.1, 0.15) is 101 Å². The monoisotopic (exact) mass is 502 g/mol. The molecule has 2 aromatic rings. The molecule has 0 aliphatic heterocycles. The van der Waals surface area contributed by atoms with Gasteiger partial charge >= 0.3 is 11.9 Å². The maximum Gasteiger partial charge on any atom is 0.338 e. The normalized spacial score (nSPS) is 17.3. The third kappa shape index (κ3) is 8.18. The Kier molecular flexibility index (Phi) is 9.17. The largest absolute Gasteiger partial charge is 0.465 e. The van der Waals surface area contributed by atoms with Crippen LogP contribution < -0.4 is 0 Å². The maximum atomic E-state index is 12.8. The van der Waals surface area contributed by atoms with Crippen LogP contribution in [0.5, 0.6) is 0 Å². The summed E-state index contributed by atoms with van der Waals surface area (Å²) in [7, 11) is 0. The SMILES string of the molecule is CCOC(=O)C(C=Cc1ccc(C(=O)OC(C)(C)C)cc1)c1ccc(C2=CCC(C(C)(C)C)CC2)cc1. The number of carbonyl (C=O) groups excluding carboxylic acids is 2. The Morgan fingerprint density at radius 3 is 2.14 bits per heavy atom. The highest BCUT2D eigenvalue weighted by Crippen LogP contribution is 2.39. The standard InChI is InChI=1S/C33H42O4/c1-8-36-31(35)29(22-11-23-9-12-27(13-10-23)30(34)37-33(5,6)7)26-16-14-24(15-17-26)25-18-20-28(21-19-25)32(2,3)4/h9-18,22,28-29H,8,19-21H2,1-7H3. The Morgan fingerprint density at radius 1 is 0.973 bits per heavy atom. The minimum absolute atomic E-state index is 0.276. The molecule has 0 radical (unpaired) electrons. The average molecular weight is 503 g/mol. The van der Waals surface area contributed by atoms with E-state index < -0.39 is 11.5 Å². The fourth-order valence-electron chi connectivity index (χ4n) is 4.62. The molecule has 1 aliphatic rings. The molecule has 37 heavy (non-hydrogen) atoms. The molecule has 4 heteroatoms. The van der Waals surface area contributed by atoms with E-state index in [2.05, 4.69) is 39.0 Å². The summed E-state index contributed by atoms with van der Waals surface area (Å²) in [6.45, 7) is 14.7. The number of carbonyl (C=O) groups is 2. The van der Waals surface area contributed by atoms with Crippen LogP contribution in [0.2, 0.25) is 0 Å². The molecular formula is C33H42O4. The van der Waals surface area contributed by atoms with E-state index >= 15 is 0 Å². The fraction of sp³-hybridized carbons (Fsp3) is 0.455. The van der Waals surface area contributed by atoms with Gasteiger partial charge in [-0.2, -0.15) is 0 Å². The number of ether oxygens (including phenoxy) is 2. The number of allylic oxidation sites excluding steroid dienone is 2. The van der Waals surface area contributed by atoms with E-state index in [-0.39, 0.29) is 11.9 Å². The van der Waals surface area contributed by atoms with Crippen LogP contribution in [-0.2, 0) is 14.3 Å². The summed E-state index contributed by atoms with van der Waals surface area (Å²) in [6.07, 6.45) is 9.55. The Balaban J connectivity index is 1.75. The Morgan fingerprint density at radius 2 is 1.62 bits per heavy atom. The smallest absolute Gasteiger partial charge is 0.338 e. The van der Waals surface area contributed by atoms with Crippen LogP contribution in [0, 0.1) is 11.3 Å². The second-order valence-corrected chi connectivity index (χ2v) is 11.9. The van der Waals surface area contributed by atoms with E-state index in [1.165, 1.54) is 17.6 Å². The van der Waals surface area contributed by atoms with E-state index in [0.717, 1.165) is 24.0 Å². The average Bonchev–Trinajstić information content (AvgIpc) is 2.83. The Hall–Kier alpha value is -3.14. The van der Waals surface area contributed by atoms with Crippen LogP contribution in [0.4, 0.5) is 0 Å². The molecular weight excluding hydrogens is 460 g/mol. The van der Waals surface area contributed by atoms with Crippen molar-refractivity contribution in [3.8, 4) is 0 Å². The highest BCUT2D eigenvalue weighted by Gasteiger charge is 2.26. The Bertz CT molecular complexity index is 1120. The van der Waals surface area contributed by atoms with Gasteiger partial charge in [0.15, 0.2) is 0 Å². The van der Waals surface area contributed by atoms with Crippen LogP contribution in [0.15, 0.2) is 60.7 Å². The minimum atomic E-state index is -0.541. The molecule has 0 bridgehead atoms. The van der Waals surface area contributed by atoms with E-state index in [4.69, 9.17) is 9.47 Å². The summed E-state index contributed by atoms with van der Waals surface area (Å²) in [6, 6.07) is 15.5. The third-order valence-electron chi connectivity index (χ3n) is 6.84. The van der Waals surface area contributed by atoms with Gasteiger partial charge in [0.05, 0.1) is 12.2 Å². The zero-order valence-corrected chi connectivity index (χ0v) is 23.5. The molecule has 2 atom stereocenters. The van der Waals surface area contributed by atoms with Crippen molar-refractivity contribution in [2.45, 2.75) is 79.2 Å². The molecule has 0 aromatic heterocycles. The van der Waals surface area contributed by atoms with E-state index in [1.807, 2.05) is 64.1 Å². The van der Waals surface area contributed by atoms with Crippen LogP contribution in [-0.4, -0.2) is 24.1 Å². The summed E-state index contributed by atoms with van der Waals surface area (Å²) >= 11 is 0. The molecule has 2 aromatic carbocycles. The van der Waals surface area contributed by atoms with Crippen molar-refractivity contribution in [3.05, 3.63) is 82.9 Å². The lowest BCUT2D eigenvalue weighted by Crippen LogP contribution is -2.23. The zero-order chi connectivity index (χ0) is 27.2. The lowest BCUT2D eigenvalue weighted by Gasteiger charge is -2.33. The summed E-state index contributed by atoms with van der Waals surface area (Å²) in [5.74, 6) is -0.423. The molecule has 0 fully saturated rings. The molecule has 0 heterocycles. The van der Waals surface area contributed by atoms with Gasteiger partial charge in [-0.15, -0.1) is 0 Å². The summed E-state index contributed by atoms with van der Waals surface area (Å²) < 4.78 is 10.8. The molecule has 0 amide bonds. The van der Waals surface area contributed by atoms with Gasteiger partial charge < -0.3 is 9.47 Å². The molecule has 0 spiro atoms. The molecule has 0 N–H and O–H groups in total. The van der Waals surface area contributed by atoms with E-state index in [0.29, 0.717) is 23.5 Å². The lowest BCUT2D eigenvalue weighted by molar-refractivity contribution is -0.143. The van der Waals surface area contributed by atoms with Crippen molar-refractivity contribution in [1.29, 1.82) is 0 Å². The van der Waals surface area contributed by atoms with Gasteiger partial charge in [0.25, 0.3) is 0 Å². The lowest BCUT2D eigenvalue weighted by atomic mass is 9.72.